The average molecular weight is 1060 g/mol. The van der Waals surface area contributed by atoms with E-state index in [2.05, 4.69) is 185 Å². The maximum Gasteiger partial charge on any atom is 0.218 e. The summed E-state index contributed by atoms with van der Waals surface area (Å²) in [6.45, 7) is 17.6. The largest absolute Gasteiger partial charge is 0.450 e. The molecule has 0 fully saturated rings. The normalized spacial score (nSPS) is 13.6. The molecule has 368 valence electrons. The van der Waals surface area contributed by atoms with Gasteiger partial charge in [0.2, 0.25) is 11.2 Å². The summed E-state index contributed by atoms with van der Waals surface area (Å²) < 4.78 is 50.3. The highest BCUT2D eigenvalue weighted by molar-refractivity contribution is 7.28. The molecule has 12 heterocycles. The number of fused-ring (bicyclic) bond motifs is 26. The van der Waals surface area contributed by atoms with Gasteiger partial charge in [-0.05, 0) is 135 Å². The Bertz CT molecular complexity index is 5390. The fourth-order valence-electron chi connectivity index (χ4n) is 12.4. The van der Waals surface area contributed by atoms with Crippen molar-refractivity contribution in [2.75, 3.05) is 0 Å². The number of aromatic nitrogens is 2. The minimum atomic E-state index is -2.09. The standard InChI is InChI=1S/C33H25NO3SSi.C31H19NO3S2/c1-16-6-10-19(11-7-16)34-24-20-12-8-17(2)14-22(20)35-26(24)27-25(34)28-29(36-27)33-30(37-28)31-32(39(33,4)5)21-13-9-18(3)15-23(21)38-31;1-14-4-8-17(9-5-14)32-20-12-15(2)6-10-18(20)29-22(32)24-31(37-29)28-26(34-24)25-27(35-28)30-23(33-25)19-11-7-16(3)13-21(19)36-30/h6-15H,1-5H3;4-13H,1-3H3. The van der Waals surface area contributed by atoms with E-state index in [0.29, 0.717) is 11.2 Å². The van der Waals surface area contributed by atoms with E-state index < -0.39 is 8.07 Å². The maximum absolute atomic E-state index is 6.89. The Labute approximate surface area is 445 Å². The molecule has 0 radical (unpaired) electrons. The van der Waals surface area contributed by atoms with Crippen LogP contribution in [0.15, 0.2) is 148 Å². The van der Waals surface area contributed by atoms with Crippen LogP contribution in [0, 0.1) is 41.5 Å². The van der Waals surface area contributed by atoms with Crippen molar-refractivity contribution in [3.63, 3.8) is 0 Å². The van der Waals surface area contributed by atoms with E-state index in [9.17, 15) is 0 Å². The second-order valence-electron chi connectivity index (χ2n) is 21.6. The highest BCUT2D eigenvalue weighted by Crippen LogP contribution is 2.52. The molecule has 8 nitrogen and oxygen atoms in total. The highest BCUT2D eigenvalue weighted by Gasteiger charge is 2.47. The van der Waals surface area contributed by atoms with Crippen LogP contribution in [0.4, 0.5) is 0 Å². The first-order chi connectivity index (χ1) is 36.9. The molecule has 18 rings (SSSR count). The molecule has 0 amide bonds. The lowest BCUT2D eigenvalue weighted by molar-refractivity contribution is 0.625. The van der Waals surface area contributed by atoms with E-state index in [1.165, 1.54) is 79.0 Å². The number of thiophene rings is 3. The Hall–Kier alpha value is -8.00. The lowest BCUT2D eigenvalue weighted by Crippen LogP contribution is -2.49. The lowest BCUT2D eigenvalue weighted by Gasteiger charge is -2.16. The fourth-order valence-corrected chi connectivity index (χ4v) is 20.4. The fraction of sp³-hybridized carbons (Fsp3) is 0.125. The summed E-state index contributed by atoms with van der Waals surface area (Å²) in [5.41, 5.74) is 22.6. The zero-order valence-electron chi connectivity index (χ0n) is 42.6. The Kier molecular flexibility index (Phi) is 8.35. The van der Waals surface area contributed by atoms with E-state index in [0.717, 1.165) is 104 Å². The van der Waals surface area contributed by atoms with Crippen LogP contribution in [-0.4, -0.2) is 17.2 Å². The second-order valence-corrected chi connectivity index (χ2v) is 29.0. The number of benzene rings is 6. The van der Waals surface area contributed by atoms with Gasteiger partial charge in [0.15, 0.2) is 44.7 Å². The number of hydrogen-bond donors (Lipinski definition) is 0. The molecular formula is C64H44N2O6S3Si. The summed E-state index contributed by atoms with van der Waals surface area (Å²) in [6.07, 6.45) is 0. The van der Waals surface area contributed by atoms with E-state index in [-0.39, 0.29) is 0 Å². The van der Waals surface area contributed by atoms with Crippen molar-refractivity contribution in [2.45, 2.75) is 54.6 Å². The summed E-state index contributed by atoms with van der Waals surface area (Å²) >= 11 is 5.31. The van der Waals surface area contributed by atoms with Gasteiger partial charge in [0, 0.05) is 42.1 Å². The monoisotopic (exact) mass is 1060 g/mol. The van der Waals surface area contributed by atoms with Crippen molar-refractivity contribution >= 4 is 181 Å². The predicted octanol–water partition coefficient (Wildman–Crippen LogP) is 19.2. The van der Waals surface area contributed by atoms with Gasteiger partial charge in [0.05, 0.1) is 15.1 Å². The van der Waals surface area contributed by atoms with Crippen molar-refractivity contribution in [3.05, 3.63) is 155 Å². The minimum absolute atomic E-state index is 0.693. The van der Waals surface area contributed by atoms with Gasteiger partial charge in [-0.15, -0.1) is 34.0 Å². The molecule has 0 atom stereocenters. The van der Waals surface area contributed by atoms with Crippen LogP contribution in [0.1, 0.15) is 33.4 Å². The smallest absolute Gasteiger partial charge is 0.218 e. The molecule has 0 unspecified atom stereocenters. The number of furan rings is 6. The number of rotatable bonds is 2. The molecule has 11 aromatic heterocycles. The van der Waals surface area contributed by atoms with Crippen LogP contribution in [0.3, 0.4) is 0 Å². The summed E-state index contributed by atoms with van der Waals surface area (Å²) in [6, 6.07) is 43.7. The zero-order chi connectivity index (χ0) is 50.9. The van der Waals surface area contributed by atoms with Crippen LogP contribution in [0.2, 0.25) is 13.1 Å². The van der Waals surface area contributed by atoms with Crippen LogP contribution < -0.4 is 10.4 Å². The summed E-state index contributed by atoms with van der Waals surface area (Å²) in [5, 5.41) is 7.54. The van der Waals surface area contributed by atoms with Gasteiger partial charge < -0.3 is 31.1 Å². The third-order valence-electron chi connectivity index (χ3n) is 16.0. The van der Waals surface area contributed by atoms with Gasteiger partial charge in [-0.2, -0.15) is 0 Å². The molecule has 17 aromatic rings. The maximum atomic E-state index is 6.89. The van der Waals surface area contributed by atoms with Crippen molar-refractivity contribution in [1.29, 1.82) is 0 Å². The number of aryl methyl sites for hydroxylation is 6. The second kappa shape index (κ2) is 14.7. The Balaban J connectivity index is 0.000000124. The van der Waals surface area contributed by atoms with Crippen molar-refractivity contribution < 1.29 is 26.5 Å². The summed E-state index contributed by atoms with van der Waals surface area (Å²) in [4.78, 5) is 1.28. The van der Waals surface area contributed by atoms with E-state index in [1.807, 2.05) is 11.3 Å². The third-order valence-corrected chi connectivity index (χ3v) is 23.1. The molecule has 0 saturated carbocycles. The van der Waals surface area contributed by atoms with Gasteiger partial charge >= 0.3 is 0 Å². The molecule has 76 heavy (non-hydrogen) atoms. The predicted molar refractivity (Wildman–Crippen MR) is 319 cm³/mol. The zero-order valence-corrected chi connectivity index (χ0v) is 46.1. The molecule has 0 aliphatic carbocycles. The molecule has 6 aromatic carbocycles. The first kappa shape index (κ1) is 43.3. The van der Waals surface area contributed by atoms with Gasteiger partial charge in [-0.3, -0.25) is 4.57 Å². The summed E-state index contributed by atoms with van der Waals surface area (Å²) in [5.74, 6) is 1.00. The number of hydrogen-bond acceptors (Lipinski definition) is 9. The number of nitrogens with zero attached hydrogens (tertiary/aromatic N) is 2. The lowest BCUT2D eigenvalue weighted by atomic mass is 10.2. The van der Waals surface area contributed by atoms with Crippen molar-refractivity contribution in [2.24, 2.45) is 0 Å². The van der Waals surface area contributed by atoms with Crippen molar-refractivity contribution in [3.8, 4) is 22.0 Å². The Morgan fingerprint density at radius 2 is 0.882 bits per heavy atom. The Morgan fingerprint density at radius 3 is 1.59 bits per heavy atom. The molecule has 12 heteroatoms. The van der Waals surface area contributed by atoms with Gasteiger partial charge in [0.25, 0.3) is 0 Å². The van der Waals surface area contributed by atoms with E-state index in [4.69, 9.17) is 26.5 Å². The third kappa shape index (κ3) is 5.56. The molecular weight excluding hydrogens is 1020 g/mol. The molecule has 0 spiro atoms. The van der Waals surface area contributed by atoms with Crippen LogP contribution in [0.5, 0.6) is 0 Å². The van der Waals surface area contributed by atoms with Crippen LogP contribution >= 0.6 is 34.0 Å². The first-order valence-electron chi connectivity index (χ1n) is 25.6. The minimum Gasteiger partial charge on any atom is -0.450 e. The molecule has 0 N–H and O–H groups in total. The van der Waals surface area contributed by atoms with E-state index in [1.54, 1.807) is 22.7 Å². The average Bonchev–Trinajstić information content (AvgIpc) is 4.37. The van der Waals surface area contributed by atoms with Gasteiger partial charge in [-0.25, -0.2) is 0 Å². The van der Waals surface area contributed by atoms with Gasteiger partial charge in [-0.1, -0.05) is 84.9 Å². The van der Waals surface area contributed by atoms with Crippen LogP contribution in [0.25, 0.3) is 151 Å². The molecule has 1 aliphatic heterocycles. The first-order valence-corrected chi connectivity index (χ1v) is 31.1. The molecule has 0 bridgehead atoms. The van der Waals surface area contributed by atoms with Crippen LogP contribution in [-0.2, 0) is 0 Å². The molecule has 0 saturated heterocycles. The molecule has 1 aliphatic rings. The van der Waals surface area contributed by atoms with Crippen molar-refractivity contribution in [1.82, 2.24) is 9.13 Å². The highest BCUT2D eigenvalue weighted by atomic mass is 32.1. The summed E-state index contributed by atoms with van der Waals surface area (Å²) in [7, 11) is -2.09. The Morgan fingerprint density at radius 1 is 0.355 bits per heavy atom. The van der Waals surface area contributed by atoms with Gasteiger partial charge in [0.1, 0.15) is 45.4 Å². The quantitative estimate of drug-likeness (QED) is 0.160. The topological polar surface area (TPSA) is 88.7 Å². The van der Waals surface area contributed by atoms with E-state index >= 15 is 0 Å². The SMILES string of the molecule is Cc1ccc(-n2c3c4ccc(C)cc4oc3c3oc4c5c(oc4c32)-c2sc3cc(C)ccc3c2[Si]5(C)C)cc1.Cc1ccc(-n2c3cc(C)ccc3c3sc4c5oc6c(oc7c8ccc(C)cc8sc76)c5oc4c32)cc1.